The van der Waals surface area contributed by atoms with Gasteiger partial charge in [-0.15, -0.1) is 0 Å². The molecular weight excluding hydrogens is 379 g/mol. The first-order chi connectivity index (χ1) is 11.8. The molecule has 0 aliphatic heterocycles. The predicted octanol–water partition coefficient (Wildman–Crippen LogP) is 4.79. The lowest BCUT2D eigenvalue weighted by atomic mass is 10.2. The molecule has 0 atom stereocenters. The quantitative estimate of drug-likeness (QED) is 0.449. The number of halogens is 4. The highest BCUT2D eigenvalue weighted by atomic mass is 35.5. The SMILES string of the molecule is CCOC(=O)c1cnc(SC)nc1Nc1cc(C(F)(F)F)ccc1Cl. The molecule has 1 aromatic heterocycles. The van der Waals surface area contributed by atoms with Gasteiger partial charge >= 0.3 is 12.1 Å². The summed E-state index contributed by atoms with van der Waals surface area (Å²) in [6, 6.07) is 2.83. The van der Waals surface area contributed by atoms with Crippen molar-refractivity contribution in [2.75, 3.05) is 18.2 Å². The minimum Gasteiger partial charge on any atom is -0.462 e. The number of nitrogens with one attached hydrogen (secondary N) is 1. The van der Waals surface area contributed by atoms with E-state index in [-0.39, 0.29) is 28.7 Å². The van der Waals surface area contributed by atoms with Crippen molar-refractivity contribution in [3.05, 3.63) is 40.5 Å². The van der Waals surface area contributed by atoms with Gasteiger partial charge in [-0.05, 0) is 31.4 Å². The fourth-order valence-corrected chi connectivity index (χ4v) is 2.35. The van der Waals surface area contributed by atoms with Crippen molar-refractivity contribution >= 4 is 40.8 Å². The van der Waals surface area contributed by atoms with Crippen molar-refractivity contribution in [3.63, 3.8) is 0 Å². The first kappa shape index (κ1) is 19.3. The number of thioether (sulfide) groups is 1. The van der Waals surface area contributed by atoms with Crippen LogP contribution < -0.4 is 5.32 Å². The Balaban J connectivity index is 2.47. The molecule has 0 spiro atoms. The van der Waals surface area contributed by atoms with Crippen molar-refractivity contribution in [1.82, 2.24) is 9.97 Å². The smallest absolute Gasteiger partial charge is 0.416 e. The Morgan fingerprint density at radius 1 is 1.40 bits per heavy atom. The van der Waals surface area contributed by atoms with E-state index >= 15 is 0 Å². The first-order valence-corrected chi connectivity index (χ1v) is 8.58. The molecule has 0 aliphatic rings. The largest absolute Gasteiger partial charge is 0.462 e. The fourth-order valence-electron chi connectivity index (χ4n) is 1.84. The average Bonchev–Trinajstić information content (AvgIpc) is 2.55. The number of aromatic nitrogens is 2. The molecule has 0 amide bonds. The molecule has 0 fully saturated rings. The Kier molecular flexibility index (Phi) is 6.12. The molecule has 0 aliphatic carbocycles. The van der Waals surface area contributed by atoms with Crippen molar-refractivity contribution in [3.8, 4) is 0 Å². The maximum absolute atomic E-state index is 12.9. The molecule has 25 heavy (non-hydrogen) atoms. The summed E-state index contributed by atoms with van der Waals surface area (Å²) >= 11 is 7.18. The van der Waals surface area contributed by atoms with E-state index in [1.165, 1.54) is 18.0 Å². The lowest BCUT2D eigenvalue weighted by molar-refractivity contribution is -0.137. The van der Waals surface area contributed by atoms with Gasteiger partial charge in [0.2, 0.25) is 0 Å². The van der Waals surface area contributed by atoms with Gasteiger partial charge < -0.3 is 10.1 Å². The Hall–Kier alpha value is -2.00. The van der Waals surface area contributed by atoms with Crippen molar-refractivity contribution in [2.24, 2.45) is 0 Å². The van der Waals surface area contributed by atoms with Crippen molar-refractivity contribution in [2.45, 2.75) is 18.3 Å². The number of ether oxygens (including phenoxy) is 1. The topological polar surface area (TPSA) is 64.1 Å². The zero-order valence-corrected chi connectivity index (χ0v) is 14.7. The van der Waals surface area contributed by atoms with E-state index in [2.05, 4.69) is 15.3 Å². The maximum atomic E-state index is 12.9. The Morgan fingerprint density at radius 2 is 2.12 bits per heavy atom. The van der Waals surface area contributed by atoms with Gasteiger partial charge in [0.15, 0.2) is 5.16 Å². The summed E-state index contributed by atoms with van der Waals surface area (Å²) in [5, 5.41) is 3.05. The summed E-state index contributed by atoms with van der Waals surface area (Å²) in [7, 11) is 0. The van der Waals surface area contributed by atoms with Crippen molar-refractivity contribution in [1.29, 1.82) is 0 Å². The summed E-state index contributed by atoms with van der Waals surface area (Å²) in [6.45, 7) is 1.76. The highest BCUT2D eigenvalue weighted by molar-refractivity contribution is 7.98. The normalized spacial score (nSPS) is 11.3. The van der Waals surface area contributed by atoms with Crippen LogP contribution in [0.1, 0.15) is 22.8 Å². The number of hydrogen-bond acceptors (Lipinski definition) is 6. The van der Waals surface area contributed by atoms with E-state index in [4.69, 9.17) is 16.3 Å². The maximum Gasteiger partial charge on any atom is 0.416 e. The summed E-state index contributed by atoms with van der Waals surface area (Å²) in [6.07, 6.45) is -1.55. The third-order valence-electron chi connectivity index (χ3n) is 2.99. The molecule has 2 aromatic rings. The van der Waals surface area contributed by atoms with E-state index in [9.17, 15) is 18.0 Å². The standard InChI is InChI=1S/C15H13ClF3N3O2S/c1-3-24-13(23)9-7-20-14(25-2)22-12(9)21-11-6-8(15(17,18)19)4-5-10(11)16/h4-7H,3H2,1-2H3,(H,20,21,22). The third kappa shape index (κ3) is 4.76. The number of alkyl halides is 3. The van der Waals surface area contributed by atoms with Gasteiger partial charge in [-0.25, -0.2) is 14.8 Å². The Bertz CT molecular complexity index is 787. The van der Waals surface area contributed by atoms with Crippen LogP contribution in [0.2, 0.25) is 5.02 Å². The molecule has 0 radical (unpaired) electrons. The second-order valence-corrected chi connectivity index (χ2v) is 5.84. The highest BCUT2D eigenvalue weighted by Gasteiger charge is 2.31. The van der Waals surface area contributed by atoms with Crippen LogP contribution in [-0.2, 0) is 10.9 Å². The summed E-state index contributed by atoms with van der Waals surface area (Å²) in [5.41, 5.74) is -0.919. The zero-order valence-electron chi connectivity index (χ0n) is 13.1. The molecule has 0 unspecified atom stereocenters. The van der Waals surface area contributed by atoms with Crippen LogP contribution in [0.25, 0.3) is 0 Å². The van der Waals surface area contributed by atoms with E-state index in [1.54, 1.807) is 13.2 Å². The first-order valence-electron chi connectivity index (χ1n) is 6.98. The molecule has 10 heteroatoms. The van der Waals surface area contributed by atoms with Crippen LogP contribution >= 0.6 is 23.4 Å². The second kappa shape index (κ2) is 7.92. The number of rotatable bonds is 5. The Morgan fingerprint density at radius 3 is 2.72 bits per heavy atom. The molecule has 5 nitrogen and oxygen atoms in total. The minimum absolute atomic E-state index is 0.00636. The number of anilines is 2. The molecule has 1 heterocycles. The lowest BCUT2D eigenvalue weighted by Crippen LogP contribution is -2.11. The minimum atomic E-state index is -4.53. The monoisotopic (exact) mass is 391 g/mol. The van der Waals surface area contributed by atoms with Crippen LogP contribution in [-0.4, -0.2) is 28.8 Å². The van der Waals surface area contributed by atoms with E-state index < -0.39 is 17.7 Å². The zero-order chi connectivity index (χ0) is 18.6. The van der Waals surface area contributed by atoms with Crippen molar-refractivity contribution < 1.29 is 22.7 Å². The number of carbonyl (C=O) groups is 1. The lowest BCUT2D eigenvalue weighted by Gasteiger charge is -2.14. The van der Waals surface area contributed by atoms with E-state index in [0.717, 1.165) is 18.2 Å². The number of carbonyl (C=O) groups excluding carboxylic acids is 1. The highest BCUT2D eigenvalue weighted by Crippen LogP contribution is 2.35. The van der Waals surface area contributed by atoms with Gasteiger partial charge in [-0.3, -0.25) is 0 Å². The second-order valence-electron chi connectivity index (χ2n) is 4.66. The number of nitrogens with zero attached hydrogens (tertiary/aromatic N) is 2. The molecular formula is C15H13ClF3N3O2S. The van der Waals surface area contributed by atoms with Gasteiger partial charge in [-0.1, -0.05) is 23.4 Å². The molecule has 0 saturated carbocycles. The van der Waals surface area contributed by atoms with Gasteiger partial charge in [0, 0.05) is 6.20 Å². The van der Waals surface area contributed by atoms with E-state index in [0.29, 0.717) is 5.16 Å². The molecule has 0 saturated heterocycles. The van der Waals surface area contributed by atoms with Crippen LogP contribution in [0.3, 0.4) is 0 Å². The molecule has 1 N–H and O–H groups in total. The third-order valence-corrected chi connectivity index (χ3v) is 3.88. The summed E-state index contributed by atoms with van der Waals surface area (Å²) in [4.78, 5) is 20.1. The molecule has 0 bridgehead atoms. The summed E-state index contributed by atoms with van der Waals surface area (Å²) in [5.74, 6) is -0.681. The predicted molar refractivity (Wildman–Crippen MR) is 89.5 cm³/mol. The van der Waals surface area contributed by atoms with Crippen LogP contribution in [0, 0.1) is 0 Å². The molecule has 2 rings (SSSR count). The van der Waals surface area contributed by atoms with Gasteiger partial charge in [0.05, 0.1) is 22.9 Å². The number of benzene rings is 1. The Labute approximate surface area is 151 Å². The molecule has 1 aromatic carbocycles. The van der Waals surface area contributed by atoms with Gasteiger partial charge in [0.25, 0.3) is 0 Å². The average molecular weight is 392 g/mol. The van der Waals surface area contributed by atoms with Crippen LogP contribution in [0.15, 0.2) is 29.6 Å². The number of esters is 1. The number of hydrogen-bond donors (Lipinski definition) is 1. The molecule has 134 valence electrons. The fraction of sp³-hybridized carbons (Fsp3) is 0.267. The van der Waals surface area contributed by atoms with Gasteiger partial charge in [-0.2, -0.15) is 13.2 Å². The van der Waals surface area contributed by atoms with Crippen LogP contribution in [0.4, 0.5) is 24.7 Å². The summed E-state index contributed by atoms with van der Waals surface area (Å²) < 4.78 is 43.6. The van der Waals surface area contributed by atoms with E-state index in [1.807, 2.05) is 0 Å². The van der Waals surface area contributed by atoms with Crippen LogP contribution in [0.5, 0.6) is 0 Å². The van der Waals surface area contributed by atoms with Gasteiger partial charge in [0.1, 0.15) is 11.4 Å².